The number of fused-ring (bicyclic) bond motifs is 4. The number of aromatic hydroxyl groups is 1. The number of nitrogens with zero attached hydrogens (tertiary/aromatic N) is 2. The number of anilines is 2. The fourth-order valence-corrected chi connectivity index (χ4v) is 9.74. The molecule has 9 nitrogen and oxygen atoms in total. The van der Waals surface area contributed by atoms with E-state index in [1.54, 1.807) is 47.1 Å². The molecule has 4 amide bonds. The van der Waals surface area contributed by atoms with Gasteiger partial charge in [0.1, 0.15) is 23.1 Å². The number of amides is 4. The third kappa shape index (κ3) is 5.64. The van der Waals surface area contributed by atoms with Crippen molar-refractivity contribution in [3.05, 3.63) is 123 Å². The van der Waals surface area contributed by atoms with E-state index in [1.165, 1.54) is 17.0 Å². The Morgan fingerprint density at radius 1 is 0.821 bits per heavy atom. The van der Waals surface area contributed by atoms with E-state index in [9.17, 15) is 28.7 Å². The van der Waals surface area contributed by atoms with Crippen LogP contribution in [-0.4, -0.2) is 43.0 Å². The van der Waals surface area contributed by atoms with Gasteiger partial charge in [0.25, 0.3) is 0 Å². The summed E-state index contributed by atoms with van der Waals surface area (Å²) in [7, 11) is 3.19. The minimum Gasteiger partial charge on any atom is -0.507 e. The second-order valence-electron chi connectivity index (χ2n) is 15.3. The second-order valence-corrected chi connectivity index (χ2v) is 15.7. The molecule has 1 N–H and O–H groups in total. The van der Waals surface area contributed by atoms with Gasteiger partial charge >= 0.3 is 0 Å². The van der Waals surface area contributed by atoms with Crippen LogP contribution in [-0.2, 0) is 19.2 Å². The Bertz CT molecular complexity index is 2380. The zero-order valence-corrected chi connectivity index (χ0v) is 32.3. The number of carbonyl (C=O) groups is 4. The second kappa shape index (κ2) is 13.8. The number of benzene rings is 4. The molecule has 2 aliphatic carbocycles. The molecule has 8 rings (SSSR count). The first-order chi connectivity index (χ1) is 26.8. The number of imide groups is 2. The number of allylic oxidation sites excluding steroid dienone is 2. The van der Waals surface area contributed by atoms with Crippen LogP contribution in [0.5, 0.6) is 17.2 Å². The summed E-state index contributed by atoms with van der Waals surface area (Å²) in [5.41, 5.74) is 3.73. The highest BCUT2D eigenvalue weighted by molar-refractivity contribution is 6.32. The molecule has 3 fully saturated rings. The largest absolute Gasteiger partial charge is 0.507 e. The van der Waals surface area contributed by atoms with Crippen LogP contribution in [0.25, 0.3) is 12.2 Å². The summed E-state index contributed by atoms with van der Waals surface area (Å²) < 4.78 is 25.1. The van der Waals surface area contributed by atoms with Gasteiger partial charge in [-0.25, -0.2) is 9.29 Å². The molecule has 0 bridgehead atoms. The first kappa shape index (κ1) is 37.2. The number of methoxy groups -OCH3 is 2. The van der Waals surface area contributed by atoms with Crippen molar-refractivity contribution in [3.63, 3.8) is 0 Å². The lowest BCUT2D eigenvalue weighted by molar-refractivity contribution is -0.131. The van der Waals surface area contributed by atoms with Crippen LogP contribution in [0.4, 0.5) is 15.8 Å². The van der Waals surface area contributed by atoms with Gasteiger partial charge in [0, 0.05) is 11.5 Å². The number of phenolic OH excluding ortho intramolecular Hbond substituents is 1. The van der Waals surface area contributed by atoms with E-state index in [4.69, 9.17) is 21.1 Å². The van der Waals surface area contributed by atoms with E-state index in [-0.39, 0.29) is 41.1 Å². The number of hydrogen-bond donors (Lipinski definition) is 1. The number of halogens is 2. The molecule has 1 saturated carbocycles. The van der Waals surface area contributed by atoms with E-state index < -0.39 is 52.6 Å². The van der Waals surface area contributed by atoms with Gasteiger partial charge in [0.2, 0.25) is 23.6 Å². The maximum absolute atomic E-state index is 14.7. The number of rotatable bonds is 7. The molecule has 2 aliphatic heterocycles. The van der Waals surface area contributed by atoms with Gasteiger partial charge in [-0.2, -0.15) is 0 Å². The standard InChI is InChI=1S/C45H40ClFN2O7/c1-23-18-27(19-24(2)40(23)50)39-31-14-15-32-38(33(31)22-34-42(52)49(44(54)45(34,39)3)29-12-16-36(47)35(46)21-29)43(53)48(41(32)51)28-10-7-25(8-11-28)6-9-26-20-30(55-4)13-17-37(26)56-5/h6-14,16-21,32-34,38-39,50H,15,22H2,1-5H3/t32-,33+,34-,38-,39-,45+/m0/s1. The maximum atomic E-state index is 14.7. The van der Waals surface area contributed by atoms with Gasteiger partial charge in [-0.15, -0.1) is 0 Å². The Labute approximate surface area is 329 Å². The monoisotopic (exact) mass is 774 g/mol. The van der Waals surface area contributed by atoms with Crippen LogP contribution in [0.3, 0.4) is 0 Å². The third-order valence-electron chi connectivity index (χ3n) is 12.3. The lowest BCUT2D eigenvalue weighted by Gasteiger charge is -2.49. The molecule has 0 aromatic heterocycles. The molecule has 56 heavy (non-hydrogen) atoms. The van der Waals surface area contributed by atoms with Crippen molar-refractivity contribution in [3.8, 4) is 17.2 Å². The molecule has 2 heterocycles. The molecule has 4 aromatic carbocycles. The highest BCUT2D eigenvalue weighted by Crippen LogP contribution is 2.64. The van der Waals surface area contributed by atoms with Crippen LogP contribution >= 0.6 is 11.6 Å². The number of hydrogen-bond acceptors (Lipinski definition) is 7. The lowest BCUT2D eigenvalue weighted by Crippen LogP contribution is -2.49. The number of aryl methyl sites for hydroxylation is 2. The van der Waals surface area contributed by atoms with Gasteiger partial charge in [0.15, 0.2) is 0 Å². The van der Waals surface area contributed by atoms with Crippen LogP contribution in [0.1, 0.15) is 53.5 Å². The zero-order chi connectivity index (χ0) is 39.8. The molecule has 4 aromatic rings. The molecule has 6 atom stereocenters. The number of phenols is 1. The molecule has 286 valence electrons. The van der Waals surface area contributed by atoms with Gasteiger partial charge in [-0.3, -0.25) is 24.1 Å². The summed E-state index contributed by atoms with van der Waals surface area (Å²) in [6.07, 6.45) is 6.24. The van der Waals surface area contributed by atoms with Crippen molar-refractivity contribution >= 4 is 58.8 Å². The van der Waals surface area contributed by atoms with Gasteiger partial charge in [-0.05, 0) is 110 Å². The SMILES string of the molecule is COc1ccc(OC)c(C=Cc2ccc(N3C(=O)[C@H]4[C@H](CC=C5[C@H]4C[C@H]4C(=O)N(c6ccc(F)c(Cl)c6)C(=O)[C@@]4(C)[C@H]5c4cc(C)c(O)c(C)c4)C3=O)cc2)c1. The zero-order valence-electron chi connectivity index (χ0n) is 31.5. The quantitative estimate of drug-likeness (QED) is 0.114. The molecule has 0 spiro atoms. The average Bonchev–Trinajstić information content (AvgIpc) is 3.56. The first-order valence-corrected chi connectivity index (χ1v) is 18.9. The summed E-state index contributed by atoms with van der Waals surface area (Å²) >= 11 is 6.13. The van der Waals surface area contributed by atoms with Crippen molar-refractivity contribution in [2.24, 2.45) is 29.1 Å². The minimum atomic E-state index is -1.30. The lowest BCUT2D eigenvalue weighted by atomic mass is 9.51. The van der Waals surface area contributed by atoms with Crippen molar-refractivity contribution in [1.29, 1.82) is 0 Å². The maximum Gasteiger partial charge on any atom is 0.241 e. The molecule has 0 radical (unpaired) electrons. The predicted molar refractivity (Wildman–Crippen MR) is 211 cm³/mol. The van der Waals surface area contributed by atoms with E-state index in [0.29, 0.717) is 28.3 Å². The average molecular weight is 775 g/mol. The van der Waals surface area contributed by atoms with Crippen molar-refractivity contribution in [1.82, 2.24) is 0 Å². The van der Waals surface area contributed by atoms with Gasteiger partial charge < -0.3 is 14.6 Å². The molecule has 0 unspecified atom stereocenters. The van der Waals surface area contributed by atoms with Crippen molar-refractivity contribution in [2.45, 2.75) is 39.5 Å². The fraction of sp³-hybridized carbons (Fsp3) is 0.289. The topological polar surface area (TPSA) is 113 Å². The van der Waals surface area contributed by atoms with E-state index >= 15 is 0 Å². The molecular formula is C45H40ClFN2O7. The van der Waals surface area contributed by atoms with Gasteiger partial charge in [-0.1, -0.05) is 59.7 Å². The van der Waals surface area contributed by atoms with E-state index in [2.05, 4.69) is 0 Å². The highest BCUT2D eigenvalue weighted by atomic mass is 35.5. The van der Waals surface area contributed by atoms with Crippen LogP contribution in [0.2, 0.25) is 5.02 Å². The van der Waals surface area contributed by atoms with Crippen LogP contribution in [0.15, 0.2) is 84.4 Å². The normalized spacial score (nSPS) is 25.7. The Hall–Kier alpha value is -5.74. The van der Waals surface area contributed by atoms with Crippen molar-refractivity contribution < 1.29 is 38.1 Å². The molecule has 2 saturated heterocycles. The Balaban J connectivity index is 1.15. The highest BCUT2D eigenvalue weighted by Gasteiger charge is 2.67. The molecule has 11 heteroatoms. The molecule has 4 aliphatic rings. The summed E-state index contributed by atoms with van der Waals surface area (Å²) in [5, 5.41) is 10.5. The van der Waals surface area contributed by atoms with Crippen LogP contribution < -0.4 is 19.3 Å². The third-order valence-corrected chi connectivity index (χ3v) is 12.6. The fourth-order valence-electron chi connectivity index (χ4n) is 9.57. The smallest absolute Gasteiger partial charge is 0.241 e. The van der Waals surface area contributed by atoms with Gasteiger partial charge in [0.05, 0.1) is 53.8 Å². The molecular weight excluding hydrogens is 735 g/mol. The first-order valence-electron chi connectivity index (χ1n) is 18.5. The van der Waals surface area contributed by atoms with Crippen LogP contribution in [0, 0.1) is 48.8 Å². The Morgan fingerprint density at radius 2 is 1.52 bits per heavy atom. The summed E-state index contributed by atoms with van der Waals surface area (Å²) in [6.45, 7) is 5.33. The van der Waals surface area contributed by atoms with E-state index in [1.807, 2.05) is 60.7 Å². The van der Waals surface area contributed by atoms with E-state index in [0.717, 1.165) is 33.2 Å². The minimum absolute atomic E-state index is 0.130. The Kier molecular flexibility index (Phi) is 9.15. The predicted octanol–water partition coefficient (Wildman–Crippen LogP) is 8.42. The number of ether oxygens (including phenoxy) is 2. The summed E-state index contributed by atoms with van der Waals surface area (Å²) in [4.78, 5) is 60.3. The summed E-state index contributed by atoms with van der Waals surface area (Å²) in [5.74, 6) is -4.23. The Morgan fingerprint density at radius 3 is 2.18 bits per heavy atom. The number of carbonyl (C=O) groups excluding carboxylic acids is 4. The summed E-state index contributed by atoms with van der Waals surface area (Å²) in [6, 6.07) is 20.1. The van der Waals surface area contributed by atoms with Crippen molar-refractivity contribution in [2.75, 3.05) is 24.0 Å².